The van der Waals surface area contributed by atoms with E-state index < -0.39 is 47.3 Å². The van der Waals surface area contributed by atoms with Gasteiger partial charge in [-0.25, -0.2) is 9.59 Å². The second-order valence-corrected chi connectivity index (χ2v) is 11.3. The van der Waals surface area contributed by atoms with Crippen molar-refractivity contribution in [3.8, 4) is 0 Å². The summed E-state index contributed by atoms with van der Waals surface area (Å²) >= 11 is 0. The van der Waals surface area contributed by atoms with Crippen LogP contribution in [0.2, 0.25) is 0 Å². The van der Waals surface area contributed by atoms with Gasteiger partial charge in [0.25, 0.3) is 0 Å². The second-order valence-electron chi connectivity index (χ2n) is 11.3. The normalized spacial score (nSPS) is 39.0. The summed E-state index contributed by atoms with van der Waals surface area (Å²) in [4.78, 5) is 39.1. The standard InChI is InChI=1S/C27H32O8/c1-12-8-18(29)34-14(3)19(12)24(32)35-23-13(2)10-26-7-6-17-20(25(17,4)5)16(22(26)31)9-15(11-28)21(30)27(23,26)33/h8-10,16-17,20-21,23,28,30,33H,6-7,11H2,1-5H3/t16-,17+,20-,21+,23-,26+,27-/m0/s1. The van der Waals surface area contributed by atoms with Crippen LogP contribution in [-0.2, 0) is 9.53 Å². The van der Waals surface area contributed by atoms with Gasteiger partial charge in [-0.1, -0.05) is 26.0 Å². The third-order valence-electron chi connectivity index (χ3n) is 9.23. The molecule has 8 heteroatoms. The van der Waals surface area contributed by atoms with E-state index in [1.54, 1.807) is 26.0 Å². The highest BCUT2D eigenvalue weighted by molar-refractivity contribution is 5.96. The zero-order valence-electron chi connectivity index (χ0n) is 20.6. The predicted molar refractivity (Wildman–Crippen MR) is 124 cm³/mol. The molecule has 0 radical (unpaired) electrons. The molecule has 4 aliphatic rings. The zero-order valence-corrected chi connectivity index (χ0v) is 20.6. The Hall–Kier alpha value is -2.55. The molecule has 0 amide bonds. The van der Waals surface area contributed by atoms with E-state index in [4.69, 9.17) is 9.15 Å². The SMILES string of the molecule is CC1=C[C@@]23CC[C@@H]4[C@H]([C@H](C=C(CO)[C@@H](O)[C@]2(O)[C@H]1OC(=O)c1c(C)cc(=O)oc1C)C3=O)C4(C)C. The van der Waals surface area contributed by atoms with E-state index in [-0.39, 0.29) is 39.9 Å². The number of rotatable bonds is 3. The predicted octanol–water partition coefficient (Wildman–Crippen LogP) is 2.00. The van der Waals surface area contributed by atoms with Gasteiger partial charge in [0, 0.05) is 12.0 Å². The van der Waals surface area contributed by atoms with E-state index in [9.17, 15) is 29.7 Å². The molecular weight excluding hydrogens is 452 g/mol. The molecule has 2 bridgehead atoms. The number of ether oxygens (including phenoxy) is 1. The average Bonchev–Trinajstić information content (AvgIpc) is 3.29. The number of aryl methyl sites for hydroxylation is 2. The third kappa shape index (κ3) is 2.99. The number of esters is 1. The largest absolute Gasteiger partial charge is 0.451 e. The number of fused-ring (bicyclic) bond motifs is 3. The van der Waals surface area contributed by atoms with Crippen molar-refractivity contribution in [1.82, 2.24) is 0 Å². The minimum Gasteiger partial charge on any atom is -0.451 e. The maximum absolute atomic E-state index is 14.1. The van der Waals surface area contributed by atoms with Gasteiger partial charge in [-0.2, -0.15) is 0 Å². The molecule has 35 heavy (non-hydrogen) atoms. The van der Waals surface area contributed by atoms with Gasteiger partial charge >= 0.3 is 11.6 Å². The van der Waals surface area contributed by atoms with Crippen LogP contribution in [-0.4, -0.2) is 51.5 Å². The van der Waals surface area contributed by atoms with Crippen molar-refractivity contribution in [2.45, 2.75) is 65.3 Å². The molecule has 1 aromatic rings. The molecule has 1 spiro atoms. The molecule has 4 aliphatic carbocycles. The molecule has 0 saturated heterocycles. The number of carbonyl (C=O) groups excluding carboxylic acids is 2. The Bertz CT molecular complexity index is 1230. The molecule has 188 valence electrons. The molecule has 8 nitrogen and oxygen atoms in total. The summed E-state index contributed by atoms with van der Waals surface area (Å²) in [5.41, 5.74) is -3.29. The number of hydrogen-bond donors (Lipinski definition) is 3. The summed E-state index contributed by atoms with van der Waals surface area (Å²) in [6.45, 7) is 8.42. The first-order valence-electron chi connectivity index (χ1n) is 12.1. The summed E-state index contributed by atoms with van der Waals surface area (Å²) in [6, 6.07) is 1.18. The van der Waals surface area contributed by atoms with E-state index in [0.717, 1.165) is 0 Å². The molecule has 0 unspecified atom stereocenters. The van der Waals surface area contributed by atoms with Crippen LogP contribution >= 0.6 is 0 Å². The summed E-state index contributed by atoms with van der Waals surface area (Å²) < 4.78 is 10.9. The number of ketones is 1. The maximum atomic E-state index is 14.1. The van der Waals surface area contributed by atoms with Gasteiger partial charge in [0.1, 0.15) is 17.4 Å². The highest BCUT2D eigenvalue weighted by Crippen LogP contribution is 2.70. The lowest BCUT2D eigenvalue weighted by Gasteiger charge is -2.46. The van der Waals surface area contributed by atoms with Gasteiger partial charge in [0.05, 0.1) is 12.0 Å². The Morgan fingerprint density at radius 3 is 2.54 bits per heavy atom. The summed E-state index contributed by atoms with van der Waals surface area (Å²) in [5, 5.41) is 33.9. The number of allylic oxidation sites excluding steroid dienone is 1. The van der Waals surface area contributed by atoms with Crippen molar-refractivity contribution < 1.29 is 34.1 Å². The molecule has 0 aliphatic heterocycles. The lowest BCUT2D eigenvalue weighted by Crippen LogP contribution is -2.63. The topological polar surface area (TPSA) is 134 Å². The van der Waals surface area contributed by atoms with Gasteiger partial charge in [-0.05, 0) is 67.6 Å². The first kappa shape index (κ1) is 24.2. The monoisotopic (exact) mass is 484 g/mol. The lowest BCUT2D eigenvalue weighted by molar-refractivity contribution is -0.182. The zero-order chi connectivity index (χ0) is 25.7. The van der Waals surface area contributed by atoms with Crippen molar-refractivity contribution >= 4 is 11.8 Å². The van der Waals surface area contributed by atoms with Crippen LogP contribution < -0.4 is 5.63 Å². The lowest BCUT2D eigenvalue weighted by atomic mass is 9.63. The number of aliphatic hydroxyl groups is 3. The van der Waals surface area contributed by atoms with Crippen LogP contribution in [0.25, 0.3) is 0 Å². The van der Waals surface area contributed by atoms with Crippen molar-refractivity contribution in [3.63, 3.8) is 0 Å². The Kier molecular flexibility index (Phi) is 5.16. The van der Waals surface area contributed by atoms with Crippen LogP contribution in [0.15, 0.2) is 38.6 Å². The van der Waals surface area contributed by atoms with Crippen molar-refractivity contribution in [2.24, 2.45) is 28.6 Å². The average molecular weight is 485 g/mol. The van der Waals surface area contributed by atoms with Crippen LogP contribution in [0.1, 0.15) is 55.3 Å². The van der Waals surface area contributed by atoms with Crippen LogP contribution in [0, 0.1) is 42.4 Å². The number of Topliss-reactive ketones (excluding diaryl/α,β-unsaturated/α-hetero) is 1. The first-order chi connectivity index (χ1) is 16.3. The number of aliphatic hydroxyl groups excluding tert-OH is 2. The molecule has 1 heterocycles. The van der Waals surface area contributed by atoms with Crippen molar-refractivity contribution in [1.29, 1.82) is 0 Å². The second kappa shape index (κ2) is 7.48. The number of carbonyl (C=O) groups is 2. The number of hydrogen-bond acceptors (Lipinski definition) is 8. The van der Waals surface area contributed by atoms with Gasteiger partial charge in [0.2, 0.25) is 0 Å². The fourth-order valence-electron chi connectivity index (χ4n) is 7.44. The Balaban J connectivity index is 1.61. The van der Waals surface area contributed by atoms with Gasteiger partial charge in [0.15, 0.2) is 17.5 Å². The fourth-order valence-corrected chi connectivity index (χ4v) is 7.44. The summed E-state index contributed by atoms with van der Waals surface area (Å²) in [6.07, 6.45) is 1.32. The Morgan fingerprint density at radius 2 is 1.91 bits per heavy atom. The van der Waals surface area contributed by atoms with E-state index >= 15 is 0 Å². The molecule has 2 saturated carbocycles. The highest BCUT2D eigenvalue weighted by Gasteiger charge is 2.74. The third-order valence-corrected chi connectivity index (χ3v) is 9.23. The van der Waals surface area contributed by atoms with E-state index in [0.29, 0.717) is 24.0 Å². The fraction of sp³-hybridized carbons (Fsp3) is 0.593. The Labute approximate surface area is 203 Å². The van der Waals surface area contributed by atoms with Gasteiger partial charge in [-0.15, -0.1) is 0 Å². The van der Waals surface area contributed by atoms with Gasteiger partial charge < -0.3 is 24.5 Å². The van der Waals surface area contributed by atoms with E-state index in [1.807, 2.05) is 0 Å². The highest BCUT2D eigenvalue weighted by atomic mass is 16.6. The molecule has 3 N–H and O–H groups in total. The van der Waals surface area contributed by atoms with Crippen LogP contribution in [0.4, 0.5) is 0 Å². The summed E-state index contributed by atoms with van der Waals surface area (Å²) in [7, 11) is 0. The molecular formula is C27H32O8. The molecule has 1 aromatic heterocycles. The molecule has 5 rings (SSSR count). The first-order valence-corrected chi connectivity index (χ1v) is 12.1. The minimum atomic E-state index is -2.19. The van der Waals surface area contributed by atoms with Crippen LogP contribution in [0.3, 0.4) is 0 Å². The van der Waals surface area contributed by atoms with Crippen molar-refractivity contribution in [2.75, 3.05) is 6.61 Å². The molecule has 0 aromatic carbocycles. The van der Waals surface area contributed by atoms with Gasteiger partial charge in [-0.3, -0.25) is 4.79 Å². The quantitative estimate of drug-likeness (QED) is 0.438. The summed E-state index contributed by atoms with van der Waals surface area (Å²) in [5.74, 6) is -1.20. The maximum Gasteiger partial charge on any atom is 0.342 e. The van der Waals surface area contributed by atoms with E-state index in [1.165, 1.54) is 13.0 Å². The molecule has 2 fully saturated rings. The smallest absolute Gasteiger partial charge is 0.342 e. The molecule has 7 atom stereocenters. The van der Waals surface area contributed by atoms with E-state index in [2.05, 4.69) is 13.8 Å². The van der Waals surface area contributed by atoms with Crippen molar-refractivity contribution in [3.05, 3.63) is 56.7 Å². The minimum absolute atomic E-state index is 0.0519. The van der Waals surface area contributed by atoms with Crippen LogP contribution in [0.5, 0.6) is 0 Å². The Morgan fingerprint density at radius 1 is 1.23 bits per heavy atom.